The van der Waals surface area contributed by atoms with Crippen molar-refractivity contribution in [2.75, 3.05) is 0 Å². The Morgan fingerprint density at radius 1 is 1.25 bits per heavy atom. The highest BCUT2D eigenvalue weighted by Gasteiger charge is 2.10. The highest BCUT2D eigenvalue weighted by molar-refractivity contribution is 14.1. The largest absolute Gasteiger partial charge is 0.281 e. The number of aromatic nitrogens is 1. The molecule has 1 heterocycles. The van der Waals surface area contributed by atoms with Crippen molar-refractivity contribution in [3.8, 4) is 0 Å². The summed E-state index contributed by atoms with van der Waals surface area (Å²) < 4.78 is 3.06. The standard InChI is InChI=1S/C10H6Cl2INOS/c11-8-9(12)16-14(10(8)15)5-6-1-3-7(13)4-2-6/h1-4H,5H2. The Morgan fingerprint density at radius 2 is 1.88 bits per heavy atom. The second kappa shape index (κ2) is 5.08. The molecule has 6 heteroatoms. The molecule has 2 nitrogen and oxygen atoms in total. The Labute approximate surface area is 120 Å². The van der Waals surface area contributed by atoms with E-state index in [1.54, 1.807) is 3.96 Å². The van der Waals surface area contributed by atoms with Crippen LogP contribution in [-0.2, 0) is 6.54 Å². The summed E-state index contributed by atoms with van der Waals surface area (Å²) in [5.74, 6) is 0. The van der Waals surface area contributed by atoms with E-state index >= 15 is 0 Å². The van der Waals surface area contributed by atoms with Crippen molar-refractivity contribution in [3.63, 3.8) is 0 Å². The highest BCUT2D eigenvalue weighted by atomic mass is 127. The van der Waals surface area contributed by atoms with E-state index in [0.717, 1.165) is 9.13 Å². The minimum absolute atomic E-state index is 0.108. The first-order valence-electron chi connectivity index (χ1n) is 4.37. The van der Waals surface area contributed by atoms with Gasteiger partial charge in [-0.2, -0.15) is 0 Å². The lowest BCUT2D eigenvalue weighted by molar-refractivity contribution is 0.849. The third-order valence-corrected chi connectivity index (χ3v) is 4.57. The minimum atomic E-state index is -0.227. The number of rotatable bonds is 2. The average Bonchev–Trinajstić information content (AvgIpc) is 2.50. The normalized spacial score (nSPS) is 10.7. The molecule has 2 aromatic rings. The van der Waals surface area contributed by atoms with Crippen LogP contribution in [0.15, 0.2) is 29.1 Å². The Hall–Kier alpha value is -0.0400. The maximum absolute atomic E-state index is 11.6. The summed E-state index contributed by atoms with van der Waals surface area (Å²) in [5.41, 5.74) is 0.826. The summed E-state index contributed by atoms with van der Waals surface area (Å²) in [6, 6.07) is 7.96. The quantitative estimate of drug-likeness (QED) is 0.719. The van der Waals surface area contributed by atoms with E-state index in [1.165, 1.54) is 11.5 Å². The molecular formula is C10H6Cl2INOS. The molecule has 0 aliphatic carbocycles. The van der Waals surface area contributed by atoms with Crippen LogP contribution in [0.25, 0.3) is 0 Å². The smallest absolute Gasteiger partial charge is 0.267 e. The van der Waals surface area contributed by atoms with Gasteiger partial charge in [0, 0.05) is 3.57 Å². The number of halogens is 3. The Morgan fingerprint density at radius 3 is 2.38 bits per heavy atom. The van der Waals surface area contributed by atoms with E-state index in [-0.39, 0.29) is 10.6 Å². The van der Waals surface area contributed by atoms with Gasteiger partial charge in [0.25, 0.3) is 5.56 Å². The molecule has 1 aromatic carbocycles. The summed E-state index contributed by atoms with van der Waals surface area (Å²) in [7, 11) is 0. The second-order valence-electron chi connectivity index (χ2n) is 3.15. The predicted octanol–water partition coefficient (Wildman–Crippen LogP) is 3.87. The highest BCUT2D eigenvalue weighted by Crippen LogP contribution is 2.23. The Balaban J connectivity index is 2.30. The van der Waals surface area contributed by atoms with Crippen molar-refractivity contribution in [3.05, 3.63) is 53.1 Å². The lowest BCUT2D eigenvalue weighted by atomic mass is 10.2. The molecule has 16 heavy (non-hydrogen) atoms. The SMILES string of the molecule is O=c1c(Cl)c(Cl)sn1Cc1ccc(I)cc1. The molecule has 0 aliphatic heterocycles. The molecule has 1 aromatic heterocycles. The molecule has 2 rings (SSSR count). The van der Waals surface area contributed by atoms with Crippen molar-refractivity contribution in [2.45, 2.75) is 6.54 Å². The zero-order valence-corrected chi connectivity index (χ0v) is 12.4. The van der Waals surface area contributed by atoms with E-state index in [0.29, 0.717) is 10.9 Å². The van der Waals surface area contributed by atoms with E-state index in [2.05, 4.69) is 22.6 Å². The lowest BCUT2D eigenvalue weighted by Crippen LogP contribution is -2.13. The summed E-state index contributed by atoms with van der Waals surface area (Å²) in [4.78, 5) is 11.6. The number of benzene rings is 1. The van der Waals surface area contributed by atoms with Crippen LogP contribution in [0.1, 0.15) is 5.56 Å². The monoisotopic (exact) mass is 385 g/mol. The van der Waals surface area contributed by atoms with Crippen LogP contribution in [-0.4, -0.2) is 3.96 Å². The number of nitrogens with zero attached hydrogens (tertiary/aromatic N) is 1. The molecule has 0 spiro atoms. The van der Waals surface area contributed by atoms with Crippen molar-refractivity contribution in [2.24, 2.45) is 0 Å². The third kappa shape index (κ3) is 2.61. The van der Waals surface area contributed by atoms with Crippen molar-refractivity contribution in [1.29, 1.82) is 0 Å². The fourth-order valence-corrected chi connectivity index (χ4v) is 2.93. The molecular weight excluding hydrogens is 380 g/mol. The fourth-order valence-electron chi connectivity index (χ4n) is 1.23. The van der Waals surface area contributed by atoms with Crippen LogP contribution in [0.4, 0.5) is 0 Å². The number of hydrogen-bond donors (Lipinski definition) is 0. The van der Waals surface area contributed by atoms with Gasteiger partial charge >= 0.3 is 0 Å². The number of hydrogen-bond acceptors (Lipinski definition) is 2. The van der Waals surface area contributed by atoms with Crippen molar-refractivity contribution in [1.82, 2.24) is 3.96 Å². The minimum Gasteiger partial charge on any atom is -0.267 e. The van der Waals surface area contributed by atoms with Gasteiger partial charge in [0.05, 0.1) is 6.54 Å². The molecule has 0 N–H and O–H groups in total. The molecule has 0 radical (unpaired) electrons. The first kappa shape index (κ1) is 12.4. The molecule has 0 bridgehead atoms. The van der Waals surface area contributed by atoms with Gasteiger partial charge < -0.3 is 0 Å². The molecule has 0 saturated carbocycles. The molecule has 84 valence electrons. The van der Waals surface area contributed by atoms with Gasteiger partial charge in [0.1, 0.15) is 9.36 Å². The van der Waals surface area contributed by atoms with Gasteiger partial charge in [-0.25, -0.2) is 0 Å². The van der Waals surface area contributed by atoms with Crippen LogP contribution in [0.2, 0.25) is 9.36 Å². The van der Waals surface area contributed by atoms with Crippen LogP contribution in [0, 0.1) is 3.57 Å². The molecule has 0 atom stereocenters. The van der Waals surface area contributed by atoms with E-state index in [4.69, 9.17) is 23.2 Å². The molecule has 0 saturated heterocycles. The maximum Gasteiger partial charge on any atom is 0.281 e. The fraction of sp³-hybridized carbons (Fsp3) is 0.100. The van der Waals surface area contributed by atoms with Gasteiger partial charge in [0.15, 0.2) is 0 Å². The lowest BCUT2D eigenvalue weighted by Gasteiger charge is -2.00. The maximum atomic E-state index is 11.6. The van der Waals surface area contributed by atoms with Gasteiger partial charge in [-0.05, 0) is 51.8 Å². The zero-order valence-electron chi connectivity index (χ0n) is 7.91. The predicted molar refractivity (Wildman–Crippen MR) is 76.9 cm³/mol. The van der Waals surface area contributed by atoms with Gasteiger partial charge in [-0.3, -0.25) is 8.75 Å². The first-order chi connectivity index (χ1) is 7.58. The van der Waals surface area contributed by atoms with E-state index in [1.807, 2.05) is 24.3 Å². The van der Waals surface area contributed by atoms with Crippen LogP contribution >= 0.6 is 57.3 Å². The molecule has 0 aliphatic rings. The zero-order chi connectivity index (χ0) is 11.7. The van der Waals surface area contributed by atoms with Crippen molar-refractivity contribution < 1.29 is 0 Å². The van der Waals surface area contributed by atoms with E-state index < -0.39 is 0 Å². The summed E-state index contributed by atoms with van der Waals surface area (Å²) in [6.07, 6.45) is 0. The van der Waals surface area contributed by atoms with Gasteiger partial charge in [0.2, 0.25) is 0 Å². The summed E-state index contributed by atoms with van der Waals surface area (Å²) >= 11 is 14.9. The Bertz CT molecular complexity index is 561. The van der Waals surface area contributed by atoms with Gasteiger partial charge in [-0.15, -0.1) is 0 Å². The second-order valence-corrected chi connectivity index (χ2v) is 6.40. The first-order valence-corrected chi connectivity index (χ1v) is 6.98. The van der Waals surface area contributed by atoms with Crippen molar-refractivity contribution >= 4 is 57.3 Å². The van der Waals surface area contributed by atoms with Crippen LogP contribution in [0.5, 0.6) is 0 Å². The van der Waals surface area contributed by atoms with Gasteiger partial charge in [-0.1, -0.05) is 35.3 Å². The Kier molecular flexibility index (Phi) is 3.94. The molecule has 0 fully saturated rings. The summed E-state index contributed by atoms with van der Waals surface area (Å²) in [6.45, 7) is 0.507. The molecule has 0 unspecified atom stereocenters. The summed E-state index contributed by atoms with van der Waals surface area (Å²) in [5, 5.41) is 0.108. The third-order valence-electron chi connectivity index (χ3n) is 2.02. The van der Waals surface area contributed by atoms with Crippen LogP contribution in [0.3, 0.4) is 0 Å². The van der Waals surface area contributed by atoms with Crippen LogP contribution < -0.4 is 5.56 Å². The topological polar surface area (TPSA) is 22.0 Å². The molecule has 0 amide bonds. The average molecular weight is 386 g/mol. The van der Waals surface area contributed by atoms with E-state index in [9.17, 15) is 4.79 Å².